The molecule has 0 aliphatic carbocycles. The fraction of sp³-hybridized carbons (Fsp3) is 0.476. The van der Waals surface area contributed by atoms with E-state index in [1.54, 1.807) is 7.05 Å². The first-order valence-corrected chi connectivity index (χ1v) is 9.94. The van der Waals surface area contributed by atoms with Crippen molar-refractivity contribution in [3.8, 4) is 0 Å². The number of imidazole rings is 1. The van der Waals surface area contributed by atoms with Crippen LogP contribution in [0.1, 0.15) is 36.8 Å². The van der Waals surface area contributed by atoms with Crippen molar-refractivity contribution >= 4 is 17.1 Å². The number of benzene rings is 1. The first kappa shape index (κ1) is 18.5. The van der Waals surface area contributed by atoms with Gasteiger partial charge in [0.05, 0.1) is 6.54 Å². The molecule has 1 fully saturated rings. The quantitative estimate of drug-likeness (QED) is 0.697. The molecule has 0 amide bonds. The molecule has 7 heteroatoms. The third-order valence-electron chi connectivity index (χ3n) is 5.68. The molecule has 3 aromatic rings. The minimum atomic E-state index is -0.347. The van der Waals surface area contributed by atoms with Crippen molar-refractivity contribution in [1.82, 2.24) is 18.7 Å². The van der Waals surface area contributed by atoms with Crippen molar-refractivity contribution in [3.63, 3.8) is 0 Å². The minimum Gasteiger partial charge on any atom is -0.342 e. The van der Waals surface area contributed by atoms with Gasteiger partial charge in [0, 0.05) is 27.2 Å². The first-order chi connectivity index (χ1) is 13.5. The zero-order valence-corrected chi connectivity index (χ0v) is 16.8. The SMILES string of the molecule is Cc1ccc(Cn2c(N3CCCCCC3)nc3c2c(=O)n(C)c(=O)n3C)cc1. The number of nitrogens with zero attached hydrogens (tertiary/aromatic N) is 5. The Bertz CT molecular complexity index is 1110. The summed E-state index contributed by atoms with van der Waals surface area (Å²) in [7, 11) is 3.21. The van der Waals surface area contributed by atoms with Gasteiger partial charge >= 0.3 is 5.69 Å². The number of rotatable bonds is 3. The summed E-state index contributed by atoms with van der Waals surface area (Å²) in [5, 5.41) is 0. The van der Waals surface area contributed by atoms with Crippen molar-refractivity contribution < 1.29 is 0 Å². The van der Waals surface area contributed by atoms with Gasteiger partial charge < -0.3 is 4.90 Å². The van der Waals surface area contributed by atoms with Gasteiger partial charge in [0.15, 0.2) is 11.2 Å². The summed E-state index contributed by atoms with van der Waals surface area (Å²) in [6.45, 7) is 4.46. The third-order valence-corrected chi connectivity index (χ3v) is 5.68. The Morgan fingerprint density at radius 2 is 1.57 bits per heavy atom. The van der Waals surface area contributed by atoms with Crippen LogP contribution in [0.2, 0.25) is 0 Å². The van der Waals surface area contributed by atoms with Crippen molar-refractivity contribution in [2.45, 2.75) is 39.2 Å². The highest BCUT2D eigenvalue weighted by Gasteiger charge is 2.23. The number of fused-ring (bicyclic) bond motifs is 1. The fourth-order valence-corrected chi connectivity index (χ4v) is 3.97. The van der Waals surface area contributed by atoms with Crippen molar-refractivity contribution in [3.05, 3.63) is 56.2 Å². The normalized spacial score (nSPS) is 15.2. The molecule has 1 aliphatic rings. The number of hydrogen-bond acceptors (Lipinski definition) is 4. The molecule has 0 bridgehead atoms. The summed E-state index contributed by atoms with van der Waals surface area (Å²) in [5.41, 5.74) is 2.62. The summed E-state index contributed by atoms with van der Waals surface area (Å²) < 4.78 is 4.64. The minimum absolute atomic E-state index is 0.293. The second-order valence-corrected chi connectivity index (χ2v) is 7.76. The largest absolute Gasteiger partial charge is 0.342 e. The van der Waals surface area contributed by atoms with Gasteiger partial charge in [-0.1, -0.05) is 42.7 Å². The van der Waals surface area contributed by atoms with Crippen LogP contribution in [0.15, 0.2) is 33.9 Å². The smallest absolute Gasteiger partial charge is 0.332 e. The Morgan fingerprint density at radius 1 is 0.929 bits per heavy atom. The molecule has 3 heterocycles. The van der Waals surface area contributed by atoms with Gasteiger partial charge in [0.1, 0.15) is 0 Å². The van der Waals surface area contributed by atoms with Gasteiger partial charge in [-0.05, 0) is 25.3 Å². The summed E-state index contributed by atoms with van der Waals surface area (Å²) in [6.07, 6.45) is 4.67. The Morgan fingerprint density at radius 3 is 2.21 bits per heavy atom. The van der Waals surface area contributed by atoms with Crippen LogP contribution in [0.5, 0.6) is 0 Å². The summed E-state index contributed by atoms with van der Waals surface area (Å²) >= 11 is 0. The highest BCUT2D eigenvalue weighted by molar-refractivity contribution is 5.74. The lowest BCUT2D eigenvalue weighted by Crippen LogP contribution is -2.37. The van der Waals surface area contributed by atoms with E-state index in [1.165, 1.54) is 34.6 Å². The third kappa shape index (κ3) is 3.15. The van der Waals surface area contributed by atoms with E-state index < -0.39 is 0 Å². The molecule has 0 N–H and O–H groups in total. The van der Waals surface area contributed by atoms with E-state index in [-0.39, 0.29) is 11.2 Å². The number of aromatic nitrogens is 4. The second-order valence-electron chi connectivity index (χ2n) is 7.76. The molecule has 0 unspecified atom stereocenters. The van der Waals surface area contributed by atoms with E-state index in [0.717, 1.165) is 37.4 Å². The average Bonchev–Trinajstić information content (AvgIpc) is 2.87. The fourth-order valence-electron chi connectivity index (χ4n) is 3.97. The molecular formula is C21H27N5O2. The lowest BCUT2D eigenvalue weighted by atomic mass is 10.1. The average molecular weight is 381 g/mol. The highest BCUT2D eigenvalue weighted by Crippen LogP contribution is 2.24. The van der Waals surface area contributed by atoms with Crippen molar-refractivity contribution in [2.75, 3.05) is 18.0 Å². The first-order valence-electron chi connectivity index (χ1n) is 9.94. The van der Waals surface area contributed by atoms with Crippen molar-refractivity contribution in [2.24, 2.45) is 14.1 Å². The van der Waals surface area contributed by atoms with Crippen LogP contribution in [-0.2, 0) is 20.6 Å². The topological polar surface area (TPSA) is 65.1 Å². The molecular weight excluding hydrogens is 354 g/mol. The van der Waals surface area contributed by atoms with E-state index in [0.29, 0.717) is 17.7 Å². The Kier molecular flexibility index (Phi) is 4.83. The Labute approximate surface area is 163 Å². The number of hydrogen-bond donors (Lipinski definition) is 0. The van der Waals surface area contributed by atoms with Gasteiger partial charge in [0.25, 0.3) is 5.56 Å². The molecule has 0 atom stereocenters. The molecule has 7 nitrogen and oxygen atoms in total. The predicted octanol–water partition coefficient (Wildman–Crippen LogP) is 2.17. The van der Waals surface area contributed by atoms with Gasteiger partial charge in [0.2, 0.25) is 5.95 Å². The van der Waals surface area contributed by atoms with Gasteiger partial charge in [-0.25, -0.2) is 4.79 Å². The standard InChI is InChI=1S/C21H27N5O2/c1-15-8-10-16(11-9-15)14-26-17-18(23(2)21(28)24(3)19(17)27)22-20(26)25-12-6-4-5-7-13-25/h8-11H,4-7,12-14H2,1-3H3. The lowest BCUT2D eigenvalue weighted by Gasteiger charge is -2.22. The molecule has 0 spiro atoms. The zero-order chi connectivity index (χ0) is 19.8. The monoisotopic (exact) mass is 381 g/mol. The maximum absolute atomic E-state index is 13.0. The van der Waals surface area contributed by atoms with E-state index in [2.05, 4.69) is 36.1 Å². The molecule has 1 saturated heterocycles. The molecule has 28 heavy (non-hydrogen) atoms. The molecule has 1 aromatic carbocycles. The van der Waals surface area contributed by atoms with E-state index in [9.17, 15) is 9.59 Å². The molecule has 148 valence electrons. The van der Waals surface area contributed by atoms with Crippen LogP contribution < -0.4 is 16.1 Å². The van der Waals surface area contributed by atoms with Crippen LogP contribution in [0.4, 0.5) is 5.95 Å². The maximum Gasteiger partial charge on any atom is 0.332 e. The van der Waals surface area contributed by atoms with Gasteiger partial charge in [-0.3, -0.25) is 18.5 Å². The molecule has 0 radical (unpaired) electrons. The highest BCUT2D eigenvalue weighted by atomic mass is 16.2. The molecule has 1 aliphatic heterocycles. The van der Waals surface area contributed by atoms with E-state index in [4.69, 9.17) is 4.98 Å². The summed E-state index contributed by atoms with van der Waals surface area (Å²) in [4.78, 5) is 32.5. The van der Waals surface area contributed by atoms with Crippen LogP contribution in [0.3, 0.4) is 0 Å². The lowest BCUT2D eigenvalue weighted by molar-refractivity contribution is 0.697. The van der Waals surface area contributed by atoms with Gasteiger partial charge in [-0.2, -0.15) is 4.98 Å². The van der Waals surface area contributed by atoms with E-state index >= 15 is 0 Å². The Hall–Kier alpha value is -2.83. The summed E-state index contributed by atoms with van der Waals surface area (Å²) in [6, 6.07) is 8.32. The van der Waals surface area contributed by atoms with Crippen LogP contribution >= 0.6 is 0 Å². The van der Waals surface area contributed by atoms with Crippen LogP contribution in [0, 0.1) is 6.92 Å². The Balaban J connectivity index is 1.94. The number of anilines is 1. The molecule has 4 rings (SSSR count). The molecule has 0 saturated carbocycles. The number of aryl methyl sites for hydroxylation is 2. The second kappa shape index (κ2) is 7.30. The van der Waals surface area contributed by atoms with Crippen LogP contribution in [0.25, 0.3) is 11.2 Å². The maximum atomic E-state index is 13.0. The van der Waals surface area contributed by atoms with Gasteiger partial charge in [-0.15, -0.1) is 0 Å². The summed E-state index contributed by atoms with van der Waals surface area (Å²) in [5.74, 6) is 0.788. The predicted molar refractivity (Wildman–Crippen MR) is 111 cm³/mol. The van der Waals surface area contributed by atoms with Crippen molar-refractivity contribution in [1.29, 1.82) is 0 Å². The van der Waals surface area contributed by atoms with Crippen LogP contribution in [-0.4, -0.2) is 31.8 Å². The zero-order valence-electron chi connectivity index (χ0n) is 16.8. The molecule has 2 aromatic heterocycles. The van der Waals surface area contributed by atoms with E-state index in [1.807, 2.05) is 4.57 Å².